The largest absolute Gasteiger partial charge is 0.308 e. The van der Waals surface area contributed by atoms with E-state index in [1.807, 2.05) is 13.8 Å². The highest BCUT2D eigenvalue weighted by Gasteiger charge is 1.87. The molecule has 0 saturated carbocycles. The Balaban J connectivity index is 4.07. The molecule has 8 heavy (non-hydrogen) atoms. The van der Waals surface area contributed by atoms with Crippen molar-refractivity contribution >= 4 is 6.21 Å². The average Bonchev–Trinajstić information content (AvgIpc) is 1.69. The van der Waals surface area contributed by atoms with Crippen molar-refractivity contribution in [3.8, 4) is 0 Å². The number of nitrogens with one attached hydrogen (secondary N) is 1. The quantitative estimate of drug-likeness (QED) is 0.529. The third kappa shape index (κ3) is 1.92. The van der Waals surface area contributed by atoms with Gasteiger partial charge in [0, 0.05) is 6.21 Å². The Bertz CT molecular complexity index is 108. The third-order valence-electron chi connectivity index (χ3n) is 1.20. The standard InChI is InChI=1S/C7H13N/c1-4-7(5-8)6(2)3/h5,8H,4H2,1-3H3. The molecule has 0 atom stereocenters. The molecule has 0 aliphatic carbocycles. The molecule has 0 fully saturated rings. The first-order chi connectivity index (χ1) is 3.72. The Morgan fingerprint density at radius 1 is 1.50 bits per heavy atom. The highest BCUT2D eigenvalue weighted by atomic mass is 14.3. The van der Waals surface area contributed by atoms with E-state index in [1.54, 1.807) is 0 Å². The molecular formula is C7H13N. The van der Waals surface area contributed by atoms with Gasteiger partial charge in [0.15, 0.2) is 0 Å². The van der Waals surface area contributed by atoms with Crippen molar-refractivity contribution in [2.45, 2.75) is 27.2 Å². The van der Waals surface area contributed by atoms with Gasteiger partial charge in [-0.15, -0.1) is 0 Å². The van der Waals surface area contributed by atoms with Gasteiger partial charge in [0.2, 0.25) is 0 Å². The van der Waals surface area contributed by atoms with Crippen molar-refractivity contribution in [1.82, 2.24) is 0 Å². The van der Waals surface area contributed by atoms with Crippen LogP contribution in [-0.2, 0) is 0 Å². The van der Waals surface area contributed by atoms with Crippen LogP contribution in [-0.4, -0.2) is 6.21 Å². The van der Waals surface area contributed by atoms with E-state index in [1.165, 1.54) is 11.8 Å². The van der Waals surface area contributed by atoms with Gasteiger partial charge in [0.05, 0.1) is 0 Å². The van der Waals surface area contributed by atoms with Crippen LogP contribution in [0.3, 0.4) is 0 Å². The molecule has 0 aromatic heterocycles. The molecule has 0 aromatic carbocycles. The third-order valence-corrected chi connectivity index (χ3v) is 1.20. The SMILES string of the molecule is CCC(C=N)=C(C)C. The van der Waals surface area contributed by atoms with Crippen molar-refractivity contribution in [3.05, 3.63) is 11.1 Å². The van der Waals surface area contributed by atoms with Gasteiger partial charge in [0.25, 0.3) is 0 Å². The van der Waals surface area contributed by atoms with Gasteiger partial charge in [-0.1, -0.05) is 12.5 Å². The summed E-state index contributed by atoms with van der Waals surface area (Å²) in [6.45, 7) is 6.13. The summed E-state index contributed by atoms with van der Waals surface area (Å²) in [6, 6.07) is 0. The molecule has 0 aromatic rings. The van der Waals surface area contributed by atoms with E-state index in [4.69, 9.17) is 5.41 Å². The molecule has 0 radical (unpaired) electrons. The summed E-state index contributed by atoms with van der Waals surface area (Å²) in [5.74, 6) is 0. The highest BCUT2D eigenvalue weighted by Crippen LogP contribution is 2.02. The zero-order chi connectivity index (χ0) is 6.57. The van der Waals surface area contributed by atoms with Gasteiger partial charge in [0.1, 0.15) is 0 Å². The van der Waals surface area contributed by atoms with Crippen LogP contribution in [0.4, 0.5) is 0 Å². The number of rotatable bonds is 2. The summed E-state index contributed by atoms with van der Waals surface area (Å²) in [6.07, 6.45) is 2.40. The van der Waals surface area contributed by atoms with Crippen molar-refractivity contribution in [2.75, 3.05) is 0 Å². The Morgan fingerprint density at radius 2 is 2.00 bits per heavy atom. The van der Waals surface area contributed by atoms with E-state index in [0.29, 0.717) is 0 Å². The Kier molecular flexibility index (Phi) is 3.16. The van der Waals surface area contributed by atoms with E-state index in [2.05, 4.69) is 6.92 Å². The maximum Gasteiger partial charge on any atom is 0.0209 e. The second kappa shape index (κ2) is 3.42. The van der Waals surface area contributed by atoms with Crippen molar-refractivity contribution < 1.29 is 0 Å². The van der Waals surface area contributed by atoms with E-state index >= 15 is 0 Å². The van der Waals surface area contributed by atoms with E-state index < -0.39 is 0 Å². The van der Waals surface area contributed by atoms with Crippen molar-refractivity contribution in [2.24, 2.45) is 0 Å². The van der Waals surface area contributed by atoms with E-state index in [9.17, 15) is 0 Å². The molecular weight excluding hydrogens is 98.1 g/mol. The Hall–Kier alpha value is -0.590. The van der Waals surface area contributed by atoms with Crippen LogP contribution in [0.1, 0.15) is 27.2 Å². The van der Waals surface area contributed by atoms with Crippen molar-refractivity contribution in [3.63, 3.8) is 0 Å². The molecule has 1 N–H and O–H groups in total. The monoisotopic (exact) mass is 111 g/mol. The topological polar surface area (TPSA) is 23.9 Å². The average molecular weight is 111 g/mol. The second-order valence-corrected chi connectivity index (χ2v) is 2.02. The molecule has 0 saturated heterocycles. The van der Waals surface area contributed by atoms with E-state index in [-0.39, 0.29) is 0 Å². The summed E-state index contributed by atoms with van der Waals surface area (Å²) in [7, 11) is 0. The van der Waals surface area contributed by atoms with Crippen LogP contribution in [0.15, 0.2) is 11.1 Å². The molecule has 0 unspecified atom stereocenters. The maximum absolute atomic E-state index is 6.91. The van der Waals surface area contributed by atoms with Gasteiger partial charge in [-0.05, 0) is 25.8 Å². The summed E-state index contributed by atoms with van der Waals surface area (Å²) >= 11 is 0. The van der Waals surface area contributed by atoms with Crippen LogP contribution in [0.25, 0.3) is 0 Å². The summed E-state index contributed by atoms with van der Waals surface area (Å²) in [5, 5.41) is 6.91. The number of hydrogen-bond acceptors (Lipinski definition) is 1. The molecule has 0 bridgehead atoms. The lowest BCUT2D eigenvalue weighted by Gasteiger charge is -1.95. The molecule has 1 nitrogen and oxygen atoms in total. The van der Waals surface area contributed by atoms with Crippen molar-refractivity contribution in [1.29, 1.82) is 5.41 Å². The normalized spacial score (nSPS) is 8.38. The van der Waals surface area contributed by atoms with Gasteiger partial charge >= 0.3 is 0 Å². The minimum Gasteiger partial charge on any atom is -0.308 e. The molecule has 0 heterocycles. The van der Waals surface area contributed by atoms with E-state index in [0.717, 1.165) is 12.0 Å². The molecule has 1 heteroatoms. The highest BCUT2D eigenvalue weighted by molar-refractivity contribution is 5.76. The molecule has 0 aliphatic rings. The van der Waals surface area contributed by atoms with Gasteiger partial charge in [-0.25, -0.2) is 0 Å². The van der Waals surface area contributed by atoms with Gasteiger partial charge in [-0.2, -0.15) is 0 Å². The summed E-state index contributed by atoms with van der Waals surface area (Å²) in [5.41, 5.74) is 2.40. The first-order valence-corrected chi connectivity index (χ1v) is 2.89. The zero-order valence-electron chi connectivity index (χ0n) is 5.78. The molecule has 0 amide bonds. The minimum absolute atomic E-state index is 0.978. The van der Waals surface area contributed by atoms with Crippen LogP contribution >= 0.6 is 0 Å². The number of hydrogen-bond donors (Lipinski definition) is 1. The lowest BCUT2D eigenvalue weighted by atomic mass is 10.1. The van der Waals surface area contributed by atoms with Gasteiger partial charge in [-0.3, -0.25) is 0 Å². The van der Waals surface area contributed by atoms with Crippen LogP contribution in [0.2, 0.25) is 0 Å². The summed E-state index contributed by atoms with van der Waals surface area (Å²) in [4.78, 5) is 0. The molecule has 0 spiro atoms. The molecule has 0 aliphatic heterocycles. The summed E-state index contributed by atoms with van der Waals surface area (Å²) < 4.78 is 0. The first-order valence-electron chi connectivity index (χ1n) is 2.89. The molecule has 46 valence electrons. The minimum atomic E-state index is 0.978. The van der Waals surface area contributed by atoms with Crippen LogP contribution < -0.4 is 0 Å². The lowest BCUT2D eigenvalue weighted by molar-refractivity contribution is 1.13. The first kappa shape index (κ1) is 7.41. The Morgan fingerprint density at radius 3 is 2.00 bits per heavy atom. The second-order valence-electron chi connectivity index (χ2n) is 2.02. The fourth-order valence-electron chi connectivity index (χ4n) is 0.600. The Labute approximate surface area is 50.9 Å². The number of allylic oxidation sites excluding steroid dienone is 2. The lowest BCUT2D eigenvalue weighted by Crippen LogP contribution is -1.82. The maximum atomic E-state index is 6.91. The predicted molar refractivity (Wildman–Crippen MR) is 37.4 cm³/mol. The smallest absolute Gasteiger partial charge is 0.0209 e. The fourth-order valence-corrected chi connectivity index (χ4v) is 0.600. The van der Waals surface area contributed by atoms with Crippen LogP contribution in [0.5, 0.6) is 0 Å². The fraction of sp³-hybridized carbons (Fsp3) is 0.571. The predicted octanol–water partition coefficient (Wildman–Crippen LogP) is 2.38. The van der Waals surface area contributed by atoms with Gasteiger partial charge < -0.3 is 5.41 Å². The zero-order valence-corrected chi connectivity index (χ0v) is 5.78. The molecule has 0 rings (SSSR count). The van der Waals surface area contributed by atoms with Crippen LogP contribution in [0, 0.1) is 5.41 Å².